The van der Waals surface area contributed by atoms with E-state index in [1.165, 1.54) is 10.9 Å². The van der Waals surface area contributed by atoms with Crippen molar-refractivity contribution in [3.05, 3.63) is 12.0 Å². The van der Waals surface area contributed by atoms with Crippen LogP contribution in [0.25, 0.3) is 0 Å². The largest absolute Gasteiger partial charge is 0.414 e. The van der Waals surface area contributed by atoms with Crippen LogP contribution < -0.4 is 11.5 Å². The summed E-state index contributed by atoms with van der Waals surface area (Å²) in [4.78, 5) is 15.6. The van der Waals surface area contributed by atoms with Crippen molar-refractivity contribution in [3.63, 3.8) is 0 Å². The lowest BCUT2D eigenvalue weighted by Crippen LogP contribution is -2.51. The molecule has 1 saturated heterocycles. The molecule has 4 atom stereocenters. The highest BCUT2D eigenvalue weighted by Crippen LogP contribution is 2.43. The highest BCUT2D eigenvalue weighted by molar-refractivity contribution is 6.74. The lowest BCUT2D eigenvalue weighted by Gasteiger charge is -2.41. The first-order valence-electron chi connectivity index (χ1n) is 11.1. The van der Waals surface area contributed by atoms with Crippen LogP contribution in [0.3, 0.4) is 0 Å². The average Bonchev–Trinajstić information content (AvgIpc) is 3.12. The second-order valence-electron chi connectivity index (χ2n) is 11.7. The standard InChI is InChI=1S/C21H42N4O5Si2/c1-20(2,3)31(7,8)28-11-13-16(30-32(9,10)21(4,5)6)15(26)19(29-13)25-12-24-14(17(25)22)18(23)27/h12-13,15-16,19,26H,11,22H2,1-10H3,(H2,23,27)/t13-,15-,16-,19+/m1/s1. The van der Waals surface area contributed by atoms with E-state index in [-0.39, 0.29) is 21.6 Å². The minimum atomic E-state index is -2.24. The number of imidazole rings is 1. The number of rotatable bonds is 7. The van der Waals surface area contributed by atoms with E-state index in [9.17, 15) is 9.90 Å². The van der Waals surface area contributed by atoms with Gasteiger partial charge in [0, 0.05) is 0 Å². The molecule has 11 heteroatoms. The molecule has 1 aliphatic rings. The van der Waals surface area contributed by atoms with Crippen LogP contribution in [0.1, 0.15) is 58.3 Å². The number of carbonyl (C=O) groups excluding carboxylic acids is 1. The van der Waals surface area contributed by atoms with Gasteiger partial charge in [-0.05, 0) is 36.3 Å². The number of nitrogens with two attached hydrogens (primary N) is 2. The maximum absolute atomic E-state index is 11.6. The van der Waals surface area contributed by atoms with Gasteiger partial charge in [-0.1, -0.05) is 41.5 Å². The topological polar surface area (TPSA) is 135 Å². The Kier molecular flexibility index (Phi) is 7.46. The highest BCUT2D eigenvalue weighted by Gasteiger charge is 2.51. The van der Waals surface area contributed by atoms with Gasteiger partial charge >= 0.3 is 0 Å². The molecule has 32 heavy (non-hydrogen) atoms. The van der Waals surface area contributed by atoms with Gasteiger partial charge in [0.25, 0.3) is 5.91 Å². The minimum absolute atomic E-state index is 0.0323. The maximum Gasteiger partial charge on any atom is 0.271 e. The normalized spacial score (nSPS) is 25.3. The third-order valence-corrected chi connectivity index (χ3v) is 16.3. The van der Waals surface area contributed by atoms with Gasteiger partial charge in [0.1, 0.15) is 24.1 Å². The molecule has 2 rings (SSSR count). The van der Waals surface area contributed by atoms with Crippen molar-refractivity contribution in [1.82, 2.24) is 9.55 Å². The summed E-state index contributed by atoms with van der Waals surface area (Å²) in [7, 11) is -4.29. The van der Waals surface area contributed by atoms with E-state index in [1.54, 1.807) is 0 Å². The number of hydrogen-bond acceptors (Lipinski definition) is 7. The Labute approximate surface area is 194 Å². The summed E-state index contributed by atoms with van der Waals surface area (Å²) in [6, 6.07) is 0. The summed E-state index contributed by atoms with van der Waals surface area (Å²) in [6.07, 6.45) is -1.63. The van der Waals surface area contributed by atoms with Crippen molar-refractivity contribution < 1.29 is 23.5 Å². The van der Waals surface area contributed by atoms with E-state index < -0.39 is 47.1 Å². The average molecular weight is 487 g/mol. The molecule has 0 bridgehead atoms. The van der Waals surface area contributed by atoms with Crippen LogP contribution in [-0.2, 0) is 13.6 Å². The number of aromatic nitrogens is 2. The van der Waals surface area contributed by atoms with Crippen molar-refractivity contribution in [1.29, 1.82) is 0 Å². The number of anilines is 1. The second-order valence-corrected chi connectivity index (χ2v) is 21.3. The number of ether oxygens (including phenoxy) is 1. The van der Waals surface area contributed by atoms with Gasteiger partial charge in [0.15, 0.2) is 28.6 Å². The monoisotopic (exact) mass is 486 g/mol. The van der Waals surface area contributed by atoms with Crippen molar-refractivity contribution >= 4 is 28.4 Å². The highest BCUT2D eigenvalue weighted by atomic mass is 28.4. The van der Waals surface area contributed by atoms with Crippen LogP contribution in [0.5, 0.6) is 0 Å². The quantitative estimate of drug-likeness (QED) is 0.503. The predicted molar refractivity (Wildman–Crippen MR) is 130 cm³/mol. The van der Waals surface area contributed by atoms with E-state index in [0.717, 1.165) is 0 Å². The van der Waals surface area contributed by atoms with Crippen LogP contribution in [0.2, 0.25) is 36.3 Å². The first kappa shape index (κ1) is 27.0. The van der Waals surface area contributed by atoms with Crippen LogP contribution >= 0.6 is 0 Å². The van der Waals surface area contributed by atoms with E-state index in [2.05, 4.69) is 72.7 Å². The third kappa shape index (κ3) is 5.28. The van der Waals surface area contributed by atoms with Crippen molar-refractivity contribution in [2.24, 2.45) is 5.73 Å². The Bertz CT molecular complexity index is 829. The fourth-order valence-electron chi connectivity index (χ4n) is 3.02. The Balaban J connectivity index is 2.37. The zero-order valence-electron chi connectivity index (χ0n) is 21.2. The van der Waals surface area contributed by atoms with Gasteiger partial charge in [0.05, 0.1) is 12.9 Å². The number of nitrogen functional groups attached to an aromatic ring is 1. The number of nitrogens with zero attached hydrogens (tertiary/aromatic N) is 2. The fourth-order valence-corrected chi connectivity index (χ4v) is 5.36. The first-order valence-corrected chi connectivity index (χ1v) is 16.9. The zero-order chi connectivity index (χ0) is 24.9. The van der Waals surface area contributed by atoms with E-state index >= 15 is 0 Å². The molecule has 5 N–H and O–H groups in total. The first-order chi connectivity index (χ1) is 14.3. The molecule has 0 saturated carbocycles. The molecular weight excluding hydrogens is 444 g/mol. The Hall–Kier alpha value is -1.25. The minimum Gasteiger partial charge on any atom is -0.414 e. The van der Waals surface area contributed by atoms with E-state index in [0.29, 0.717) is 6.61 Å². The molecule has 1 fully saturated rings. The van der Waals surface area contributed by atoms with Gasteiger partial charge in [0.2, 0.25) is 0 Å². The molecule has 184 valence electrons. The fraction of sp³-hybridized carbons (Fsp3) is 0.810. The molecule has 1 aromatic rings. The Morgan fingerprint density at radius 2 is 1.69 bits per heavy atom. The molecule has 0 radical (unpaired) electrons. The van der Waals surface area contributed by atoms with Crippen LogP contribution in [0, 0.1) is 0 Å². The molecule has 1 amide bonds. The molecule has 0 aliphatic carbocycles. The number of aliphatic hydroxyl groups is 1. The number of hydrogen-bond donors (Lipinski definition) is 3. The van der Waals surface area contributed by atoms with Crippen molar-refractivity contribution in [3.8, 4) is 0 Å². The number of amides is 1. The summed E-state index contributed by atoms with van der Waals surface area (Å²) in [5.41, 5.74) is 11.4. The predicted octanol–water partition coefficient (Wildman–Crippen LogP) is 3.23. The summed E-state index contributed by atoms with van der Waals surface area (Å²) in [5.74, 6) is -0.681. The summed E-state index contributed by atoms with van der Waals surface area (Å²) < 4.78 is 20.7. The summed E-state index contributed by atoms with van der Waals surface area (Å²) >= 11 is 0. The third-order valence-electron chi connectivity index (χ3n) is 7.30. The lowest BCUT2D eigenvalue weighted by molar-refractivity contribution is -0.0494. The lowest BCUT2D eigenvalue weighted by atomic mass is 10.1. The smallest absolute Gasteiger partial charge is 0.271 e. The van der Waals surface area contributed by atoms with Gasteiger partial charge in [-0.2, -0.15) is 0 Å². The maximum atomic E-state index is 11.6. The Morgan fingerprint density at radius 3 is 2.12 bits per heavy atom. The molecule has 2 heterocycles. The van der Waals surface area contributed by atoms with Crippen LogP contribution in [-0.4, -0.2) is 62.1 Å². The van der Waals surface area contributed by atoms with Gasteiger partial charge in [-0.3, -0.25) is 9.36 Å². The molecule has 0 unspecified atom stereocenters. The molecule has 0 aromatic carbocycles. The van der Waals surface area contributed by atoms with Crippen molar-refractivity contribution in [2.45, 2.75) is 102 Å². The molecule has 1 aliphatic heterocycles. The number of primary amides is 1. The summed E-state index contributed by atoms with van der Waals surface area (Å²) in [6.45, 7) is 21.9. The van der Waals surface area contributed by atoms with Gasteiger partial charge in [-0.15, -0.1) is 0 Å². The Morgan fingerprint density at radius 1 is 1.16 bits per heavy atom. The van der Waals surface area contributed by atoms with Crippen molar-refractivity contribution in [2.75, 3.05) is 12.3 Å². The zero-order valence-corrected chi connectivity index (χ0v) is 23.2. The van der Waals surface area contributed by atoms with Gasteiger partial charge < -0.3 is 30.2 Å². The van der Waals surface area contributed by atoms with E-state index in [4.69, 9.17) is 25.1 Å². The molecular formula is C21H42N4O5Si2. The molecule has 1 aromatic heterocycles. The molecule has 9 nitrogen and oxygen atoms in total. The second kappa shape index (κ2) is 8.84. The number of carbonyl (C=O) groups is 1. The van der Waals surface area contributed by atoms with Gasteiger partial charge in [-0.25, -0.2) is 4.98 Å². The van der Waals surface area contributed by atoms with Crippen LogP contribution in [0.4, 0.5) is 5.82 Å². The number of aliphatic hydroxyl groups excluding tert-OH is 1. The SMILES string of the molecule is CC(C)(C)[Si](C)(C)OC[C@H]1O[C@H](n2cnc(C(N)=O)c2N)[C@H](O)[C@@H]1O[Si](C)(C)C(C)(C)C. The van der Waals surface area contributed by atoms with E-state index in [1.807, 2.05) is 0 Å². The molecule has 0 spiro atoms. The summed E-state index contributed by atoms with van der Waals surface area (Å²) in [5, 5.41) is 11.3. The van der Waals surface area contributed by atoms with Crippen LogP contribution in [0.15, 0.2) is 6.33 Å².